The SMILES string of the molecule is COc1ccccc1.O=S=CCCCOc1ccc2c(c1)CCC(=O)N2. The summed E-state index contributed by atoms with van der Waals surface area (Å²) in [5.41, 5.74) is 2.00. The van der Waals surface area contributed by atoms with Gasteiger partial charge in [0.05, 0.1) is 25.0 Å². The van der Waals surface area contributed by atoms with Crippen molar-refractivity contribution in [3.05, 3.63) is 54.1 Å². The molecule has 0 unspecified atom stereocenters. The molecule has 1 heterocycles. The highest BCUT2D eigenvalue weighted by Gasteiger charge is 2.14. The average molecular weight is 373 g/mol. The maximum Gasteiger partial charge on any atom is 0.224 e. The van der Waals surface area contributed by atoms with Crippen LogP contribution in [0.15, 0.2) is 48.5 Å². The van der Waals surface area contributed by atoms with Crippen molar-refractivity contribution in [2.75, 3.05) is 19.0 Å². The van der Waals surface area contributed by atoms with Crippen LogP contribution in [0.5, 0.6) is 11.5 Å². The first kappa shape index (κ1) is 19.7. The fraction of sp³-hybridized carbons (Fsp3) is 0.300. The number of fused-ring (bicyclic) bond motifs is 1. The van der Waals surface area contributed by atoms with Crippen LogP contribution in [0, 0.1) is 0 Å². The molecule has 2 aromatic carbocycles. The molecule has 26 heavy (non-hydrogen) atoms. The van der Waals surface area contributed by atoms with Crippen molar-refractivity contribution in [2.24, 2.45) is 0 Å². The summed E-state index contributed by atoms with van der Waals surface area (Å²) in [7, 11) is 1.66. The average Bonchev–Trinajstić information content (AvgIpc) is 2.69. The molecule has 5 nitrogen and oxygen atoms in total. The number of carbonyl (C=O) groups is 1. The van der Waals surface area contributed by atoms with E-state index in [9.17, 15) is 9.00 Å². The molecule has 0 saturated carbocycles. The number of benzene rings is 2. The van der Waals surface area contributed by atoms with E-state index in [4.69, 9.17) is 9.47 Å². The zero-order chi connectivity index (χ0) is 18.6. The number of aryl methyl sites for hydroxylation is 1. The van der Waals surface area contributed by atoms with E-state index in [0.717, 1.165) is 42.0 Å². The molecule has 1 aliphatic rings. The minimum absolute atomic E-state index is 0.0711. The van der Waals surface area contributed by atoms with Gasteiger partial charge >= 0.3 is 0 Å². The quantitative estimate of drug-likeness (QED) is 0.622. The lowest BCUT2D eigenvalue weighted by atomic mass is 10.0. The molecule has 138 valence electrons. The molecular formula is C20H23NO4S. The molecular weight excluding hydrogens is 350 g/mol. The van der Waals surface area contributed by atoms with Crippen LogP contribution in [0.3, 0.4) is 0 Å². The van der Waals surface area contributed by atoms with Crippen molar-refractivity contribution in [2.45, 2.75) is 25.7 Å². The minimum atomic E-state index is 0.0711. The fourth-order valence-electron chi connectivity index (χ4n) is 2.41. The van der Waals surface area contributed by atoms with Crippen molar-refractivity contribution in [3.63, 3.8) is 0 Å². The molecule has 0 spiro atoms. The molecule has 0 bridgehead atoms. The second kappa shape index (κ2) is 11.1. The van der Waals surface area contributed by atoms with E-state index in [1.165, 1.54) is 0 Å². The minimum Gasteiger partial charge on any atom is -0.497 e. The molecule has 0 fully saturated rings. The van der Waals surface area contributed by atoms with Crippen molar-refractivity contribution in [1.82, 2.24) is 0 Å². The number of hydrogen-bond acceptors (Lipinski definition) is 4. The smallest absolute Gasteiger partial charge is 0.224 e. The summed E-state index contributed by atoms with van der Waals surface area (Å²) in [5.74, 6) is 1.80. The van der Waals surface area contributed by atoms with Crippen molar-refractivity contribution < 1.29 is 18.5 Å². The Bertz CT molecular complexity index is 758. The third-order valence-corrected chi connectivity index (χ3v) is 4.13. The lowest BCUT2D eigenvalue weighted by Crippen LogP contribution is -2.18. The van der Waals surface area contributed by atoms with Gasteiger partial charge in [-0.15, -0.1) is 0 Å². The summed E-state index contributed by atoms with van der Waals surface area (Å²) >= 11 is 0.496. The van der Waals surface area contributed by atoms with Gasteiger partial charge in [0.2, 0.25) is 5.91 Å². The summed E-state index contributed by atoms with van der Waals surface area (Å²) in [4.78, 5) is 11.2. The second-order valence-corrected chi connectivity index (χ2v) is 6.16. The molecule has 1 N–H and O–H groups in total. The Hall–Kier alpha value is -2.60. The van der Waals surface area contributed by atoms with Gasteiger partial charge in [-0.2, -0.15) is 0 Å². The highest BCUT2D eigenvalue weighted by atomic mass is 32.1. The predicted octanol–water partition coefficient (Wildman–Crippen LogP) is 3.44. The van der Waals surface area contributed by atoms with E-state index < -0.39 is 0 Å². The number of hydrogen-bond donors (Lipinski definition) is 1. The molecule has 3 rings (SSSR count). The summed E-state index contributed by atoms with van der Waals surface area (Å²) < 4.78 is 20.7. The maximum absolute atomic E-state index is 11.2. The second-order valence-electron chi connectivity index (χ2n) is 5.64. The van der Waals surface area contributed by atoms with E-state index in [-0.39, 0.29) is 5.91 Å². The Morgan fingerprint density at radius 2 is 1.92 bits per heavy atom. The van der Waals surface area contributed by atoms with Crippen LogP contribution in [0.1, 0.15) is 24.8 Å². The lowest BCUT2D eigenvalue weighted by Gasteiger charge is -2.17. The van der Waals surface area contributed by atoms with Crippen LogP contribution in [0.4, 0.5) is 5.69 Å². The van der Waals surface area contributed by atoms with Crippen LogP contribution in [-0.2, 0) is 22.5 Å². The zero-order valence-corrected chi connectivity index (χ0v) is 15.6. The molecule has 0 saturated heterocycles. The van der Waals surface area contributed by atoms with E-state index in [2.05, 4.69) is 5.32 Å². The number of unbranched alkanes of at least 4 members (excludes halogenated alkanes) is 1. The molecule has 0 aromatic heterocycles. The summed E-state index contributed by atoms with van der Waals surface area (Å²) in [6, 6.07) is 15.4. The predicted molar refractivity (Wildman–Crippen MR) is 105 cm³/mol. The monoisotopic (exact) mass is 373 g/mol. The molecule has 0 atom stereocenters. The number of ether oxygens (including phenoxy) is 2. The van der Waals surface area contributed by atoms with Gasteiger partial charge in [0, 0.05) is 17.5 Å². The van der Waals surface area contributed by atoms with Crippen molar-refractivity contribution in [1.29, 1.82) is 0 Å². The van der Waals surface area contributed by atoms with Gasteiger partial charge < -0.3 is 14.8 Å². The summed E-state index contributed by atoms with van der Waals surface area (Å²) in [6.07, 6.45) is 2.89. The van der Waals surface area contributed by atoms with Crippen molar-refractivity contribution >= 4 is 28.2 Å². The first-order chi connectivity index (χ1) is 12.7. The number of carbonyl (C=O) groups excluding carboxylic acids is 1. The van der Waals surface area contributed by atoms with E-state index in [1.54, 1.807) is 12.5 Å². The molecule has 1 aliphatic heterocycles. The van der Waals surface area contributed by atoms with Gasteiger partial charge in [-0.1, -0.05) is 18.2 Å². The standard InChI is InChI=1S/C13H15NO3S.C7H8O/c15-13-6-3-10-9-11(4-5-12(10)14-13)17-7-1-2-8-18-16;1-8-7-5-3-2-4-6-7/h4-5,8-9H,1-3,6-7H2,(H,14,15);2-6H,1H3. The van der Waals surface area contributed by atoms with Gasteiger partial charge in [-0.3, -0.25) is 4.79 Å². The topological polar surface area (TPSA) is 64.6 Å². The first-order valence-corrected chi connectivity index (χ1v) is 9.28. The highest BCUT2D eigenvalue weighted by Crippen LogP contribution is 2.26. The largest absolute Gasteiger partial charge is 0.497 e. The van der Waals surface area contributed by atoms with Gasteiger partial charge in [0.1, 0.15) is 11.5 Å². The van der Waals surface area contributed by atoms with Gasteiger partial charge in [-0.05, 0) is 55.2 Å². The number of methoxy groups -OCH3 is 1. The van der Waals surface area contributed by atoms with Gasteiger partial charge in [-0.25, -0.2) is 4.21 Å². The van der Waals surface area contributed by atoms with E-state index in [0.29, 0.717) is 24.3 Å². The zero-order valence-electron chi connectivity index (χ0n) is 14.8. The first-order valence-electron chi connectivity index (χ1n) is 8.48. The molecule has 1 amide bonds. The van der Waals surface area contributed by atoms with Crippen LogP contribution < -0.4 is 14.8 Å². The fourth-order valence-corrected chi connectivity index (χ4v) is 2.67. The summed E-state index contributed by atoms with van der Waals surface area (Å²) in [6.45, 7) is 0.599. The van der Waals surface area contributed by atoms with Crippen LogP contribution in [0.2, 0.25) is 0 Å². The third-order valence-electron chi connectivity index (χ3n) is 3.75. The molecule has 2 aromatic rings. The maximum atomic E-state index is 11.2. The van der Waals surface area contributed by atoms with Crippen LogP contribution >= 0.6 is 0 Å². The van der Waals surface area contributed by atoms with Gasteiger partial charge in [0.15, 0.2) is 0 Å². The Kier molecular flexibility index (Phi) is 8.42. The normalized spacial score (nSPS) is 12.0. The third kappa shape index (κ3) is 6.72. The number of para-hydroxylation sites is 1. The molecule has 0 aliphatic carbocycles. The van der Waals surface area contributed by atoms with E-state index >= 15 is 0 Å². The van der Waals surface area contributed by atoms with Crippen LogP contribution in [0.25, 0.3) is 0 Å². The number of rotatable bonds is 6. The van der Waals surface area contributed by atoms with Crippen molar-refractivity contribution in [3.8, 4) is 11.5 Å². The number of amides is 1. The summed E-state index contributed by atoms with van der Waals surface area (Å²) in [5, 5.41) is 4.46. The van der Waals surface area contributed by atoms with E-state index in [1.807, 2.05) is 48.5 Å². The highest BCUT2D eigenvalue weighted by molar-refractivity contribution is 7.64. The Morgan fingerprint density at radius 1 is 1.12 bits per heavy atom. The van der Waals surface area contributed by atoms with Crippen LogP contribution in [-0.4, -0.2) is 29.2 Å². The Morgan fingerprint density at radius 3 is 2.62 bits per heavy atom. The lowest BCUT2D eigenvalue weighted by molar-refractivity contribution is -0.116. The Labute approximate surface area is 157 Å². The van der Waals surface area contributed by atoms with Gasteiger partial charge in [0.25, 0.3) is 0 Å². The molecule has 0 radical (unpaired) electrons. The number of anilines is 1. The molecule has 6 heteroatoms. The Balaban J connectivity index is 0.000000254. The number of nitrogens with one attached hydrogen (secondary N) is 1.